The fourth-order valence-corrected chi connectivity index (χ4v) is 4.95. The second-order valence-electron chi connectivity index (χ2n) is 6.53. The molecular formula is C21H16BrCl3N2O3S. The van der Waals surface area contributed by atoms with Crippen LogP contribution in [0.25, 0.3) is 0 Å². The van der Waals surface area contributed by atoms with Gasteiger partial charge in [-0.1, -0.05) is 62.9 Å². The van der Waals surface area contributed by atoms with E-state index in [1.807, 2.05) is 0 Å². The quantitative estimate of drug-likeness (QED) is 0.371. The van der Waals surface area contributed by atoms with Gasteiger partial charge in [0.15, 0.2) is 0 Å². The number of amides is 1. The van der Waals surface area contributed by atoms with Crippen molar-refractivity contribution in [2.24, 2.45) is 0 Å². The molecule has 0 aliphatic rings. The number of carbonyl (C=O) groups excluding carboxylic acids is 1. The highest BCUT2D eigenvalue weighted by Gasteiger charge is 2.27. The molecule has 3 aromatic carbocycles. The first-order chi connectivity index (χ1) is 14.6. The Kier molecular flexibility index (Phi) is 8.02. The number of hydrogen-bond donors (Lipinski definition) is 1. The van der Waals surface area contributed by atoms with Crippen molar-refractivity contribution >= 4 is 72.4 Å². The van der Waals surface area contributed by atoms with E-state index in [-0.39, 0.29) is 16.5 Å². The van der Waals surface area contributed by atoms with Crippen LogP contribution in [0.3, 0.4) is 0 Å². The zero-order valence-electron chi connectivity index (χ0n) is 15.9. The zero-order valence-corrected chi connectivity index (χ0v) is 20.5. The molecule has 0 bridgehead atoms. The maximum atomic E-state index is 13.3. The minimum atomic E-state index is -3.97. The summed E-state index contributed by atoms with van der Waals surface area (Å²) in [4.78, 5) is 12.8. The van der Waals surface area contributed by atoms with Gasteiger partial charge in [-0.3, -0.25) is 4.79 Å². The van der Waals surface area contributed by atoms with Crippen molar-refractivity contribution < 1.29 is 13.2 Å². The van der Waals surface area contributed by atoms with Crippen molar-refractivity contribution in [1.82, 2.24) is 4.31 Å². The van der Waals surface area contributed by atoms with Crippen LogP contribution in [-0.2, 0) is 21.4 Å². The molecule has 0 radical (unpaired) electrons. The van der Waals surface area contributed by atoms with Crippen LogP contribution >= 0.6 is 50.7 Å². The van der Waals surface area contributed by atoms with E-state index < -0.39 is 22.5 Å². The van der Waals surface area contributed by atoms with Crippen LogP contribution in [0.15, 0.2) is 76.1 Å². The maximum Gasteiger partial charge on any atom is 0.243 e. The molecule has 3 aromatic rings. The van der Waals surface area contributed by atoms with Crippen molar-refractivity contribution in [3.63, 3.8) is 0 Å². The lowest BCUT2D eigenvalue weighted by Gasteiger charge is -2.22. The van der Waals surface area contributed by atoms with Gasteiger partial charge in [-0.05, 0) is 60.2 Å². The Bertz CT molecular complexity index is 1190. The number of nitrogens with zero attached hydrogens (tertiary/aromatic N) is 1. The normalized spacial score (nSPS) is 11.5. The number of halogens is 4. The minimum Gasteiger partial charge on any atom is -0.324 e. The van der Waals surface area contributed by atoms with Crippen molar-refractivity contribution in [1.29, 1.82) is 0 Å². The number of carbonyl (C=O) groups is 1. The molecular weight excluding hydrogens is 547 g/mol. The molecule has 1 N–H and O–H groups in total. The Morgan fingerprint density at radius 1 is 0.903 bits per heavy atom. The summed E-state index contributed by atoms with van der Waals surface area (Å²) in [5.41, 5.74) is 1.02. The topological polar surface area (TPSA) is 66.5 Å². The molecule has 0 heterocycles. The van der Waals surface area contributed by atoms with Crippen LogP contribution in [0.1, 0.15) is 5.56 Å². The van der Waals surface area contributed by atoms with Gasteiger partial charge in [-0.15, -0.1) is 0 Å². The highest BCUT2D eigenvalue weighted by molar-refractivity contribution is 9.10. The summed E-state index contributed by atoms with van der Waals surface area (Å²) in [6, 6.07) is 17.6. The van der Waals surface area contributed by atoms with Crippen LogP contribution in [0.2, 0.25) is 15.1 Å². The first-order valence-corrected chi connectivity index (χ1v) is 12.3. The first-order valence-electron chi connectivity index (χ1n) is 8.90. The summed E-state index contributed by atoms with van der Waals surface area (Å²) < 4.78 is 28.4. The summed E-state index contributed by atoms with van der Waals surface area (Å²) in [5.74, 6) is -0.543. The lowest BCUT2D eigenvalue weighted by atomic mass is 10.2. The number of rotatable bonds is 7. The molecule has 5 nitrogen and oxygen atoms in total. The summed E-state index contributed by atoms with van der Waals surface area (Å²) in [7, 11) is -3.97. The molecule has 10 heteroatoms. The van der Waals surface area contributed by atoms with Crippen LogP contribution in [-0.4, -0.2) is 25.2 Å². The molecule has 0 saturated heterocycles. The fourth-order valence-electron chi connectivity index (χ4n) is 2.72. The molecule has 162 valence electrons. The molecule has 0 saturated carbocycles. The number of benzene rings is 3. The third-order valence-electron chi connectivity index (χ3n) is 4.25. The Morgan fingerprint density at radius 3 is 2.13 bits per heavy atom. The fraction of sp³-hybridized carbons (Fsp3) is 0.0952. The van der Waals surface area contributed by atoms with E-state index >= 15 is 0 Å². The van der Waals surface area contributed by atoms with Gasteiger partial charge in [-0.25, -0.2) is 8.42 Å². The Morgan fingerprint density at radius 2 is 1.52 bits per heavy atom. The molecule has 0 aliphatic heterocycles. The van der Waals surface area contributed by atoms with Gasteiger partial charge >= 0.3 is 0 Å². The average Bonchev–Trinajstić information content (AvgIpc) is 2.71. The van der Waals surface area contributed by atoms with Crippen molar-refractivity contribution in [2.75, 3.05) is 11.9 Å². The Labute approximate surface area is 204 Å². The van der Waals surface area contributed by atoms with Gasteiger partial charge in [0.1, 0.15) is 0 Å². The molecule has 3 rings (SSSR count). The Hall–Kier alpha value is -1.61. The minimum absolute atomic E-state index is 0.0165. The summed E-state index contributed by atoms with van der Waals surface area (Å²) in [6.07, 6.45) is 0. The second-order valence-corrected chi connectivity index (χ2v) is 10.7. The van der Waals surface area contributed by atoms with Gasteiger partial charge in [0, 0.05) is 21.1 Å². The zero-order chi connectivity index (χ0) is 22.6. The number of nitrogens with one attached hydrogen (secondary N) is 1. The van der Waals surface area contributed by atoms with Crippen LogP contribution < -0.4 is 5.32 Å². The van der Waals surface area contributed by atoms with Crippen LogP contribution in [0.4, 0.5) is 5.69 Å². The number of sulfonamides is 1. The van der Waals surface area contributed by atoms with Gasteiger partial charge in [0.05, 0.1) is 22.2 Å². The first kappa shape index (κ1) is 24.0. The number of anilines is 1. The van der Waals surface area contributed by atoms with Gasteiger partial charge < -0.3 is 5.32 Å². The SMILES string of the molecule is O=C(CN(Cc1ccc(Cl)cc1)S(=O)(=O)c1ccc(Br)cc1)Nc1ccc(Cl)cc1Cl. The molecule has 31 heavy (non-hydrogen) atoms. The van der Waals surface area contributed by atoms with E-state index in [1.165, 1.54) is 18.2 Å². The smallest absolute Gasteiger partial charge is 0.243 e. The average molecular weight is 563 g/mol. The van der Waals surface area contributed by atoms with E-state index in [2.05, 4.69) is 21.2 Å². The summed E-state index contributed by atoms with van der Waals surface area (Å²) in [6.45, 7) is -0.433. The summed E-state index contributed by atoms with van der Waals surface area (Å²) >= 11 is 21.2. The highest BCUT2D eigenvalue weighted by atomic mass is 79.9. The molecule has 0 spiro atoms. The summed E-state index contributed by atoms with van der Waals surface area (Å²) in [5, 5.41) is 3.83. The maximum absolute atomic E-state index is 13.3. The third-order valence-corrected chi connectivity index (χ3v) is 7.38. The van der Waals surface area contributed by atoms with Crippen molar-refractivity contribution in [2.45, 2.75) is 11.4 Å². The van der Waals surface area contributed by atoms with Gasteiger partial charge in [0.2, 0.25) is 15.9 Å². The molecule has 0 aromatic heterocycles. The van der Waals surface area contributed by atoms with Crippen molar-refractivity contribution in [3.05, 3.63) is 91.8 Å². The molecule has 0 fully saturated rings. The standard InChI is InChI=1S/C21H16BrCl3N2O3S/c22-15-3-8-18(9-4-15)31(29,30)27(12-14-1-5-16(23)6-2-14)13-21(28)26-20-10-7-17(24)11-19(20)25/h1-11H,12-13H2,(H,26,28). The van der Waals surface area contributed by atoms with Crippen LogP contribution in [0.5, 0.6) is 0 Å². The molecule has 0 unspecified atom stereocenters. The van der Waals surface area contributed by atoms with Crippen LogP contribution in [0, 0.1) is 0 Å². The number of hydrogen-bond acceptors (Lipinski definition) is 3. The van der Waals surface area contributed by atoms with E-state index in [4.69, 9.17) is 34.8 Å². The second kappa shape index (κ2) is 10.3. The van der Waals surface area contributed by atoms with Crippen molar-refractivity contribution in [3.8, 4) is 0 Å². The largest absolute Gasteiger partial charge is 0.324 e. The lowest BCUT2D eigenvalue weighted by Crippen LogP contribution is -2.37. The van der Waals surface area contributed by atoms with E-state index in [9.17, 15) is 13.2 Å². The predicted octanol–water partition coefficient (Wildman–Crippen LogP) is 6.24. The highest BCUT2D eigenvalue weighted by Crippen LogP contribution is 2.26. The monoisotopic (exact) mass is 560 g/mol. The Balaban J connectivity index is 1.88. The predicted molar refractivity (Wildman–Crippen MR) is 128 cm³/mol. The molecule has 0 aliphatic carbocycles. The van der Waals surface area contributed by atoms with Gasteiger partial charge in [-0.2, -0.15) is 4.31 Å². The van der Waals surface area contributed by atoms with E-state index in [0.29, 0.717) is 21.3 Å². The lowest BCUT2D eigenvalue weighted by molar-refractivity contribution is -0.116. The van der Waals surface area contributed by atoms with E-state index in [0.717, 1.165) is 8.78 Å². The van der Waals surface area contributed by atoms with Gasteiger partial charge in [0.25, 0.3) is 0 Å². The van der Waals surface area contributed by atoms with E-state index in [1.54, 1.807) is 48.5 Å². The molecule has 1 amide bonds. The third kappa shape index (κ3) is 6.44. The molecule has 0 atom stereocenters.